The van der Waals surface area contributed by atoms with Crippen LogP contribution in [0.4, 0.5) is 10.1 Å². The van der Waals surface area contributed by atoms with E-state index < -0.39 is 11.7 Å². The largest absolute Gasteiger partial charge is 0.485 e. The minimum Gasteiger partial charge on any atom is -0.485 e. The van der Waals surface area contributed by atoms with Crippen LogP contribution in [0.25, 0.3) is 0 Å². The number of benzene rings is 2. The summed E-state index contributed by atoms with van der Waals surface area (Å²) in [6.45, 7) is 1.20. The molecule has 3 rings (SSSR count). The molecule has 1 N–H and O–H groups in total. The summed E-state index contributed by atoms with van der Waals surface area (Å²) >= 11 is 19.2. The topological polar surface area (TPSA) is 41.6 Å². The average molecular weight is 436 g/mol. The number of amides is 1. The third-order valence-electron chi connectivity index (χ3n) is 3.87. The minimum atomic E-state index is -0.684. The number of nitrogens with one attached hydrogen (secondary N) is 1. The van der Waals surface area contributed by atoms with Gasteiger partial charge in [0.2, 0.25) is 0 Å². The Balaban J connectivity index is 1.65. The van der Waals surface area contributed by atoms with E-state index >= 15 is 0 Å². The van der Waals surface area contributed by atoms with E-state index in [4.69, 9.17) is 39.5 Å². The predicted molar refractivity (Wildman–Crippen MR) is 105 cm³/mol. The van der Waals surface area contributed by atoms with Crippen molar-refractivity contribution in [2.45, 2.75) is 6.10 Å². The van der Waals surface area contributed by atoms with Crippen molar-refractivity contribution in [3.05, 3.63) is 56.8 Å². The molecule has 0 unspecified atom stereocenters. The Hall–Kier alpha value is -1.34. The highest BCUT2D eigenvalue weighted by Crippen LogP contribution is 2.33. The van der Waals surface area contributed by atoms with Gasteiger partial charge in [-0.3, -0.25) is 9.52 Å². The second-order valence-corrected chi connectivity index (χ2v) is 7.48. The van der Waals surface area contributed by atoms with Gasteiger partial charge in [-0.05, 0) is 24.3 Å². The van der Waals surface area contributed by atoms with E-state index in [1.807, 2.05) is 6.07 Å². The van der Waals surface area contributed by atoms with Crippen LogP contribution in [0.15, 0.2) is 30.3 Å². The zero-order chi connectivity index (χ0) is 18.8. The van der Waals surface area contributed by atoms with E-state index in [2.05, 4.69) is 9.62 Å². The highest BCUT2D eigenvalue weighted by atomic mass is 35.5. The van der Waals surface area contributed by atoms with Gasteiger partial charge in [0.25, 0.3) is 5.91 Å². The molecule has 26 heavy (non-hydrogen) atoms. The van der Waals surface area contributed by atoms with Gasteiger partial charge in [0.05, 0.1) is 33.7 Å². The number of nitrogens with zero attached hydrogens (tertiary/aromatic N) is 1. The molecule has 0 atom stereocenters. The number of ether oxygens (including phenoxy) is 1. The first-order chi connectivity index (χ1) is 12.4. The summed E-state index contributed by atoms with van der Waals surface area (Å²) in [7, 11) is 0. The molecule has 0 radical (unpaired) electrons. The third-order valence-corrected chi connectivity index (χ3v) is 5.29. The predicted octanol–water partition coefficient (Wildman–Crippen LogP) is 5.06. The van der Waals surface area contributed by atoms with Gasteiger partial charge in [-0.25, -0.2) is 4.39 Å². The molecular formula is C17H14Cl3FN2O2S. The van der Waals surface area contributed by atoms with Crippen LogP contribution in [0, 0.1) is 5.82 Å². The number of halogens is 4. The normalized spacial score (nSPS) is 14.1. The number of carbonyl (C=O) groups excluding carboxylic acids is 1. The van der Waals surface area contributed by atoms with Gasteiger partial charge in [0.15, 0.2) is 0 Å². The quantitative estimate of drug-likeness (QED) is 0.667. The van der Waals surface area contributed by atoms with Crippen LogP contribution in [0.2, 0.25) is 15.1 Å². The summed E-state index contributed by atoms with van der Waals surface area (Å²) in [6, 6.07) is 7.80. The van der Waals surface area contributed by atoms with Gasteiger partial charge >= 0.3 is 0 Å². The van der Waals surface area contributed by atoms with Crippen molar-refractivity contribution in [3.63, 3.8) is 0 Å². The van der Waals surface area contributed by atoms with Crippen molar-refractivity contribution < 1.29 is 13.9 Å². The maximum atomic E-state index is 14.2. The number of rotatable bonds is 5. The second-order valence-electron chi connectivity index (χ2n) is 5.64. The fourth-order valence-electron chi connectivity index (χ4n) is 2.53. The van der Waals surface area contributed by atoms with Gasteiger partial charge in [-0.1, -0.05) is 46.8 Å². The Morgan fingerprint density at radius 2 is 1.92 bits per heavy atom. The van der Waals surface area contributed by atoms with Crippen molar-refractivity contribution in [2.75, 3.05) is 24.2 Å². The van der Waals surface area contributed by atoms with Gasteiger partial charge in [-0.2, -0.15) is 0 Å². The van der Waals surface area contributed by atoms with E-state index in [1.165, 1.54) is 6.07 Å². The van der Waals surface area contributed by atoms with Crippen LogP contribution in [0.1, 0.15) is 10.4 Å². The standard InChI is InChI=1S/C17H14Cl3FN2O2S/c1-26-22-17(24)11-5-14(20)16(6-15(11)21)25-10-7-23(8-10)9-2-3-12(18)13(19)4-9/h2-6,10H,7-8H2,1H3,(H,22,24). The Morgan fingerprint density at radius 1 is 1.19 bits per heavy atom. The lowest BCUT2D eigenvalue weighted by molar-refractivity contribution is 0.0980. The molecule has 0 aromatic heterocycles. The molecule has 1 aliphatic rings. The van der Waals surface area contributed by atoms with E-state index in [-0.39, 0.29) is 22.4 Å². The van der Waals surface area contributed by atoms with E-state index in [1.54, 1.807) is 18.4 Å². The molecule has 2 aromatic carbocycles. The van der Waals surface area contributed by atoms with Crippen molar-refractivity contribution in [3.8, 4) is 5.75 Å². The first-order valence-corrected chi connectivity index (χ1v) is 9.94. The summed E-state index contributed by atoms with van der Waals surface area (Å²) < 4.78 is 22.4. The molecule has 0 aliphatic carbocycles. The Labute approximate surface area is 169 Å². The molecular weight excluding hydrogens is 422 g/mol. The molecule has 0 bridgehead atoms. The van der Waals surface area contributed by atoms with Crippen LogP contribution < -0.4 is 14.4 Å². The van der Waals surface area contributed by atoms with Crippen molar-refractivity contribution in [1.29, 1.82) is 0 Å². The van der Waals surface area contributed by atoms with E-state index in [0.29, 0.717) is 23.1 Å². The van der Waals surface area contributed by atoms with Crippen molar-refractivity contribution in [1.82, 2.24) is 4.72 Å². The Bertz CT molecular complexity index is 847. The molecule has 1 saturated heterocycles. The van der Waals surface area contributed by atoms with E-state index in [0.717, 1.165) is 23.7 Å². The molecule has 1 heterocycles. The van der Waals surface area contributed by atoms with Crippen molar-refractivity contribution in [2.24, 2.45) is 0 Å². The Kier molecular flexibility index (Phi) is 6.07. The van der Waals surface area contributed by atoms with Crippen LogP contribution in [0.3, 0.4) is 0 Å². The second kappa shape index (κ2) is 8.13. The van der Waals surface area contributed by atoms with Gasteiger partial charge in [-0.15, -0.1) is 0 Å². The monoisotopic (exact) mass is 434 g/mol. The van der Waals surface area contributed by atoms with Crippen LogP contribution in [-0.4, -0.2) is 31.4 Å². The zero-order valence-electron chi connectivity index (χ0n) is 13.6. The van der Waals surface area contributed by atoms with Crippen LogP contribution >= 0.6 is 46.8 Å². The maximum Gasteiger partial charge on any atom is 0.264 e. The van der Waals surface area contributed by atoms with Crippen molar-refractivity contribution >= 4 is 58.3 Å². The molecule has 1 fully saturated rings. The minimum absolute atomic E-state index is 0.122. The molecule has 9 heteroatoms. The summed E-state index contributed by atoms with van der Waals surface area (Å²) in [5, 5.41) is 1.17. The van der Waals surface area contributed by atoms with Gasteiger partial charge in [0.1, 0.15) is 17.7 Å². The number of anilines is 1. The number of hydrogen-bond acceptors (Lipinski definition) is 4. The lowest BCUT2D eigenvalue weighted by Gasteiger charge is -2.40. The van der Waals surface area contributed by atoms with E-state index in [9.17, 15) is 9.18 Å². The zero-order valence-corrected chi connectivity index (χ0v) is 16.6. The molecule has 2 aromatic rings. The molecule has 0 saturated carbocycles. The molecule has 138 valence electrons. The van der Waals surface area contributed by atoms with Crippen LogP contribution in [0.5, 0.6) is 5.75 Å². The first kappa shape index (κ1) is 19.4. The highest BCUT2D eigenvalue weighted by Gasteiger charge is 2.30. The maximum absolute atomic E-state index is 14.2. The molecule has 0 spiro atoms. The number of hydrogen-bond donors (Lipinski definition) is 1. The molecule has 1 aliphatic heterocycles. The smallest absolute Gasteiger partial charge is 0.264 e. The lowest BCUT2D eigenvalue weighted by atomic mass is 10.1. The molecule has 1 amide bonds. The summed E-state index contributed by atoms with van der Waals surface area (Å²) in [5.74, 6) is -1.02. The summed E-state index contributed by atoms with van der Waals surface area (Å²) in [5.41, 5.74) is 0.809. The highest BCUT2D eigenvalue weighted by molar-refractivity contribution is 7.97. The molecule has 4 nitrogen and oxygen atoms in total. The van der Waals surface area contributed by atoms with Crippen LogP contribution in [-0.2, 0) is 0 Å². The lowest BCUT2D eigenvalue weighted by Crippen LogP contribution is -2.54. The summed E-state index contributed by atoms with van der Waals surface area (Å²) in [6.07, 6.45) is 1.53. The first-order valence-electron chi connectivity index (χ1n) is 7.58. The third kappa shape index (κ3) is 4.14. The number of carbonyl (C=O) groups is 1. The fraction of sp³-hybridized carbons (Fsp3) is 0.235. The Morgan fingerprint density at radius 3 is 2.58 bits per heavy atom. The van der Waals surface area contributed by atoms with Gasteiger partial charge < -0.3 is 9.64 Å². The summed E-state index contributed by atoms with van der Waals surface area (Å²) in [4.78, 5) is 13.8. The fourth-order valence-corrected chi connectivity index (χ4v) is 3.32. The van der Waals surface area contributed by atoms with Gasteiger partial charge in [0, 0.05) is 18.0 Å². The SMILES string of the molecule is CSNC(=O)c1cc(Cl)c(OC2CN(c3ccc(Cl)c(Cl)c3)C2)cc1F. The average Bonchev–Trinajstić information content (AvgIpc) is 2.56.